The molecule has 1 amide bonds. The number of hydrogen-bond acceptors (Lipinski definition) is 4. The maximum absolute atomic E-state index is 11.7. The molecule has 0 saturated heterocycles. The molecule has 0 radical (unpaired) electrons. The first-order chi connectivity index (χ1) is 9.85. The van der Waals surface area contributed by atoms with Gasteiger partial charge >= 0.3 is 6.09 Å². The molecule has 1 atom stereocenters. The Bertz CT molecular complexity index is 585. The van der Waals surface area contributed by atoms with Gasteiger partial charge in [0.1, 0.15) is 5.60 Å². The molecule has 0 aliphatic heterocycles. The van der Waals surface area contributed by atoms with Crippen LogP contribution in [0.25, 0.3) is 5.82 Å². The fourth-order valence-corrected chi connectivity index (χ4v) is 1.76. The van der Waals surface area contributed by atoms with Crippen LogP contribution in [0.2, 0.25) is 0 Å². The number of rotatable bonds is 3. The third-order valence-electron chi connectivity index (χ3n) is 2.74. The summed E-state index contributed by atoms with van der Waals surface area (Å²) in [5, 5.41) is 6.90. The molecule has 2 aromatic heterocycles. The van der Waals surface area contributed by atoms with Crippen LogP contribution < -0.4 is 5.32 Å². The highest BCUT2D eigenvalue weighted by Crippen LogP contribution is 2.14. The molecule has 0 unspecified atom stereocenters. The molecule has 2 aromatic rings. The summed E-state index contributed by atoms with van der Waals surface area (Å²) in [6.07, 6.45) is 4.80. The van der Waals surface area contributed by atoms with Crippen LogP contribution in [0.4, 0.5) is 4.79 Å². The van der Waals surface area contributed by atoms with Gasteiger partial charge in [0.2, 0.25) is 0 Å². The van der Waals surface area contributed by atoms with E-state index in [1.165, 1.54) is 0 Å². The van der Waals surface area contributed by atoms with E-state index in [4.69, 9.17) is 4.74 Å². The van der Waals surface area contributed by atoms with Gasteiger partial charge in [-0.1, -0.05) is 6.07 Å². The summed E-state index contributed by atoms with van der Waals surface area (Å²) in [5.74, 6) is 0.730. The highest BCUT2D eigenvalue weighted by atomic mass is 16.6. The van der Waals surface area contributed by atoms with Gasteiger partial charge in [-0.3, -0.25) is 0 Å². The number of amides is 1. The normalized spacial score (nSPS) is 12.8. The lowest BCUT2D eigenvalue weighted by Gasteiger charge is -2.22. The molecule has 112 valence electrons. The Morgan fingerprint density at radius 2 is 2.14 bits per heavy atom. The summed E-state index contributed by atoms with van der Waals surface area (Å²) in [6, 6.07) is 5.42. The second-order valence-electron chi connectivity index (χ2n) is 5.77. The minimum Gasteiger partial charge on any atom is -0.444 e. The van der Waals surface area contributed by atoms with Crippen LogP contribution in [-0.4, -0.2) is 26.5 Å². The summed E-state index contributed by atoms with van der Waals surface area (Å²) in [4.78, 5) is 16.1. The third kappa shape index (κ3) is 4.30. The molecule has 0 aliphatic carbocycles. The Labute approximate surface area is 124 Å². The molecule has 0 aromatic carbocycles. The fraction of sp³-hybridized carbons (Fsp3) is 0.400. The van der Waals surface area contributed by atoms with E-state index in [-0.39, 0.29) is 6.04 Å². The van der Waals surface area contributed by atoms with Crippen molar-refractivity contribution in [3.8, 4) is 5.82 Å². The smallest absolute Gasteiger partial charge is 0.408 e. The van der Waals surface area contributed by atoms with Gasteiger partial charge in [0, 0.05) is 18.6 Å². The van der Waals surface area contributed by atoms with Gasteiger partial charge in [0.05, 0.1) is 6.04 Å². The number of carbonyl (C=O) groups excluding carboxylic acids is 1. The highest BCUT2D eigenvalue weighted by molar-refractivity contribution is 5.68. The van der Waals surface area contributed by atoms with Crippen molar-refractivity contribution < 1.29 is 9.53 Å². The minimum absolute atomic E-state index is 0.181. The van der Waals surface area contributed by atoms with E-state index < -0.39 is 11.7 Å². The van der Waals surface area contributed by atoms with E-state index in [2.05, 4.69) is 15.4 Å². The zero-order valence-electron chi connectivity index (χ0n) is 12.7. The first-order valence-corrected chi connectivity index (χ1v) is 6.80. The van der Waals surface area contributed by atoms with Crippen molar-refractivity contribution in [2.45, 2.75) is 39.3 Å². The number of nitrogens with one attached hydrogen (secondary N) is 1. The van der Waals surface area contributed by atoms with Gasteiger partial charge in [-0.2, -0.15) is 5.10 Å². The average molecular weight is 288 g/mol. The van der Waals surface area contributed by atoms with Crippen molar-refractivity contribution >= 4 is 6.09 Å². The maximum Gasteiger partial charge on any atom is 0.408 e. The van der Waals surface area contributed by atoms with E-state index in [0.717, 1.165) is 11.4 Å². The number of ether oxygens (including phenoxy) is 1. The van der Waals surface area contributed by atoms with Crippen LogP contribution in [0, 0.1) is 0 Å². The monoisotopic (exact) mass is 288 g/mol. The Kier molecular flexibility index (Phi) is 4.26. The van der Waals surface area contributed by atoms with Crippen LogP contribution in [0.15, 0.2) is 36.8 Å². The van der Waals surface area contributed by atoms with E-state index in [0.29, 0.717) is 0 Å². The zero-order valence-corrected chi connectivity index (χ0v) is 12.7. The number of hydrogen-bond donors (Lipinski definition) is 1. The Morgan fingerprint density at radius 1 is 1.38 bits per heavy atom. The van der Waals surface area contributed by atoms with Crippen molar-refractivity contribution in [3.63, 3.8) is 0 Å². The molecule has 0 spiro atoms. The summed E-state index contributed by atoms with van der Waals surface area (Å²) < 4.78 is 6.90. The predicted octanol–water partition coefficient (Wildman–Crippen LogP) is 2.85. The van der Waals surface area contributed by atoms with Crippen molar-refractivity contribution in [2.24, 2.45) is 0 Å². The van der Waals surface area contributed by atoms with E-state index >= 15 is 0 Å². The topological polar surface area (TPSA) is 69.0 Å². The summed E-state index contributed by atoms with van der Waals surface area (Å²) in [6.45, 7) is 7.38. The molecular weight excluding hydrogens is 268 g/mol. The van der Waals surface area contributed by atoms with Crippen molar-refractivity contribution in [3.05, 3.63) is 42.4 Å². The molecule has 21 heavy (non-hydrogen) atoms. The van der Waals surface area contributed by atoms with Crippen LogP contribution >= 0.6 is 0 Å². The maximum atomic E-state index is 11.7. The van der Waals surface area contributed by atoms with Gasteiger partial charge in [-0.05, 0) is 45.4 Å². The molecule has 2 heterocycles. The minimum atomic E-state index is -0.508. The highest BCUT2D eigenvalue weighted by Gasteiger charge is 2.18. The van der Waals surface area contributed by atoms with Crippen molar-refractivity contribution in [1.82, 2.24) is 20.1 Å². The van der Waals surface area contributed by atoms with Crippen molar-refractivity contribution in [1.29, 1.82) is 0 Å². The number of pyridine rings is 1. The molecule has 2 rings (SSSR count). The van der Waals surface area contributed by atoms with Crippen molar-refractivity contribution in [2.75, 3.05) is 0 Å². The molecule has 1 N–H and O–H groups in total. The lowest BCUT2D eigenvalue weighted by Crippen LogP contribution is -2.34. The van der Waals surface area contributed by atoms with Crippen LogP contribution in [0.3, 0.4) is 0 Å². The lowest BCUT2D eigenvalue weighted by molar-refractivity contribution is 0.0508. The molecular formula is C15H20N4O2. The Balaban J connectivity index is 2.00. The molecule has 0 fully saturated rings. The molecule has 6 nitrogen and oxygen atoms in total. The second-order valence-corrected chi connectivity index (χ2v) is 5.77. The van der Waals surface area contributed by atoms with Gasteiger partial charge < -0.3 is 10.1 Å². The molecule has 0 bridgehead atoms. The number of carbonyl (C=O) groups is 1. The summed E-state index contributed by atoms with van der Waals surface area (Å²) in [7, 11) is 0. The standard InChI is InChI=1S/C15H20N4O2/c1-11(18-14(20)21-15(2,3)4)12-6-7-13(16-10-12)19-9-5-8-17-19/h5-11H,1-4H3,(H,18,20)/t11-/m0/s1. The second kappa shape index (κ2) is 5.95. The van der Waals surface area contributed by atoms with Crippen LogP contribution in [0.1, 0.15) is 39.3 Å². The Morgan fingerprint density at radius 3 is 2.67 bits per heavy atom. The van der Waals surface area contributed by atoms with E-state index in [9.17, 15) is 4.79 Å². The number of aromatic nitrogens is 3. The molecule has 0 saturated carbocycles. The molecule has 6 heteroatoms. The molecule has 0 aliphatic rings. The SMILES string of the molecule is C[C@H](NC(=O)OC(C)(C)C)c1ccc(-n2cccn2)nc1. The average Bonchev–Trinajstić information content (AvgIpc) is 2.90. The van der Waals surface area contributed by atoms with Gasteiger partial charge in [-0.25, -0.2) is 14.5 Å². The van der Waals surface area contributed by atoms with Crippen LogP contribution in [-0.2, 0) is 4.74 Å². The first-order valence-electron chi connectivity index (χ1n) is 6.80. The number of alkyl carbamates (subject to hydrolysis) is 1. The van der Waals surface area contributed by atoms with E-state index in [1.54, 1.807) is 17.1 Å². The summed E-state index contributed by atoms with van der Waals surface area (Å²) >= 11 is 0. The zero-order chi connectivity index (χ0) is 15.5. The lowest BCUT2D eigenvalue weighted by atomic mass is 10.1. The quantitative estimate of drug-likeness (QED) is 0.943. The van der Waals surface area contributed by atoms with E-state index in [1.807, 2.05) is 52.1 Å². The van der Waals surface area contributed by atoms with Crippen LogP contribution in [0.5, 0.6) is 0 Å². The largest absolute Gasteiger partial charge is 0.444 e. The fourth-order valence-electron chi connectivity index (χ4n) is 1.76. The Hall–Kier alpha value is -2.37. The number of nitrogens with zero attached hydrogens (tertiary/aromatic N) is 3. The van der Waals surface area contributed by atoms with Gasteiger partial charge in [-0.15, -0.1) is 0 Å². The predicted molar refractivity (Wildman–Crippen MR) is 79.1 cm³/mol. The third-order valence-corrected chi connectivity index (χ3v) is 2.74. The summed E-state index contributed by atoms with van der Waals surface area (Å²) in [5.41, 5.74) is 0.392. The van der Waals surface area contributed by atoms with Gasteiger partial charge in [0.25, 0.3) is 0 Å². The van der Waals surface area contributed by atoms with Gasteiger partial charge in [0.15, 0.2) is 5.82 Å². The first kappa shape index (κ1) is 15.0.